The molecule has 1 aliphatic rings. The number of amides is 1. The number of ether oxygens (including phenoxy) is 1. The zero-order valence-corrected chi connectivity index (χ0v) is 15.5. The molecule has 4 rings (SSSR count). The van der Waals surface area contributed by atoms with Crippen molar-refractivity contribution >= 4 is 5.91 Å². The van der Waals surface area contributed by atoms with Gasteiger partial charge in [-0.2, -0.15) is 10.1 Å². The van der Waals surface area contributed by atoms with Crippen molar-refractivity contribution in [1.29, 1.82) is 0 Å². The number of nitrogens with zero attached hydrogens (tertiary/aromatic N) is 4. The van der Waals surface area contributed by atoms with Crippen LogP contribution in [0.1, 0.15) is 45.5 Å². The van der Waals surface area contributed by atoms with Gasteiger partial charge in [-0.05, 0) is 37.0 Å². The van der Waals surface area contributed by atoms with Gasteiger partial charge in [-0.25, -0.2) is 0 Å². The Morgan fingerprint density at radius 1 is 1.44 bits per heavy atom. The van der Waals surface area contributed by atoms with Gasteiger partial charge in [0.1, 0.15) is 6.61 Å². The molecule has 1 N–H and O–H groups in total. The molecule has 2 heterocycles. The van der Waals surface area contributed by atoms with Crippen LogP contribution in [-0.4, -0.2) is 32.9 Å². The van der Waals surface area contributed by atoms with Crippen LogP contribution < -0.4 is 5.32 Å². The Hall–Kier alpha value is -3.00. The van der Waals surface area contributed by atoms with E-state index >= 15 is 0 Å². The topological polar surface area (TPSA) is 95.1 Å². The molecule has 0 fully saturated rings. The van der Waals surface area contributed by atoms with Crippen molar-refractivity contribution in [3.05, 3.63) is 52.7 Å². The number of hydrogen-bond donors (Lipinski definition) is 1. The third kappa shape index (κ3) is 3.35. The van der Waals surface area contributed by atoms with E-state index in [0.29, 0.717) is 23.9 Å². The van der Waals surface area contributed by atoms with Crippen molar-refractivity contribution in [1.82, 2.24) is 25.2 Å². The van der Waals surface area contributed by atoms with Crippen molar-refractivity contribution in [2.45, 2.75) is 32.4 Å². The average Bonchev–Trinajstić information content (AvgIpc) is 3.34. The number of carbonyl (C=O) groups excluding carboxylic acids is 1. The number of benzene rings is 1. The van der Waals surface area contributed by atoms with E-state index in [-0.39, 0.29) is 11.9 Å². The number of carbonyl (C=O) groups is 1. The number of hydrogen-bond acceptors (Lipinski definition) is 6. The second kappa shape index (κ2) is 6.96. The predicted octanol–water partition coefficient (Wildman–Crippen LogP) is 2.34. The lowest BCUT2D eigenvalue weighted by atomic mass is 10.0. The van der Waals surface area contributed by atoms with Crippen LogP contribution in [0.15, 0.2) is 28.9 Å². The molecule has 0 aliphatic heterocycles. The maximum absolute atomic E-state index is 12.6. The van der Waals surface area contributed by atoms with Crippen LogP contribution in [-0.2, 0) is 24.8 Å². The molecule has 8 heteroatoms. The van der Waals surface area contributed by atoms with E-state index in [1.807, 2.05) is 26.1 Å². The van der Waals surface area contributed by atoms with E-state index in [1.54, 1.807) is 18.0 Å². The molecule has 1 aromatic carbocycles. The maximum atomic E-state index is 12.6. The summed E-state index contributed by atoms with van der Waals surface area (Å²) in [5.41, 5.74) is 4.57. The van der Waals surface area contributed by atoms with Gasteiger partial charge in [-0.3, -0.25) is 9.48 Å². The van der Waals surface area contributed by atoms with Crippen LogP contribution in [0, 0.1) is 6.92 Å². The first-order valence-corrected chi connectivity index (χ1v) is 8.81. The molecule has 27 heavy (non-hydrogen) atoms. The fraction of sp³-hybridized carbons (Fsp3) is 0.368. The highest BCUT2D eigenvalue weighted by atomic mass is 16.5. The number of aromatic nitrogens is 4. The van der Waals surface area contributed by atoms with Gasteiger partial charge in [0.15, 0.2) is 0 Å². The van der Waals surface area contributed by atoms with Crippen LogP contribution in [0.25, 0.3) is 11.4 Å². The highest BCUT2D eigenvalue weighted by Crippen LogP contribution is 2.34. The van der Waals surface area contributed by atoms with Crippen LogP contribution in [0.3, 0.4) is 0 Å². The molecule has 0 saturated carbocycles. The van der Waals surface area contributed by atoms with Gasteiger partial charge in [-0.15, -0.1) is 0 Å². The van der Waals surface area contributed by atoms with E-state index in [0.717, 1.165) is 29.7 Å². The summed E-state index contributed by atoms with van der Waals surface area (Å²) in [6.45, 7) is 2.13. The van der Waals surface area contributed by atoms with Crippen molar-refractivity contribution < 1.29 is 14.1 Å². The van der Waals surface area contributed by atoms with Crippen molar-refractivity contribution in [2.75, 3.05) is 7.11 Å². The van der Waals surface area contributed by atoms with Crippen LogP contribution in [0.4, 0.5) is 0 Å². The minimum Gasteiger partial charge on any atom is -0.375 e. The van der Waals surface area contributed by atoms with Crippen LogP contribution in [0.5, 0.6) is 0 Å². The summed E-state index contributed by atoms with van der Waals surface area (Å²) in [6, 6.07) is 6.05. The van der Waals surface area contributed by atoms with Gasteiger partial charge in [0.2, 0.25) is 5.82 Å². The standard InChI is InChI=1S/C19H21N5O3/c1-11-15(9-24(2)22-11)19(25)20-16-7-5-12-8-13(4-6-14(12)16)18-21-17(10-26-3)27-23-18/h4,6,8-9,16H,5,7,10H2,1-3H3,(H,20,25)/t16-/m1/s1. The second-order valence-corrected chi connectivity index (χ2v) is 6.72. The first-order chi connectivity index (χ1) is 13.0. The van der Waals surface area contributed by atoms with E-state index < -0.39 is 0 Å². The zero-order chi connectivity index (χ0) is 19.0. The SMILES string of the molecule is COCc1nc(-c2ccc3c(c2)CC[C@H]3NC(=O)c2cn(C)nc2C)no1. The highest BCUT2D eigenvalue weighted by molar-refractivity contribution is 5.95. The fourth-order valence-electron chi connectivity index (χ4n) is 3.52. The minimum absolute atomic E-state index is 0.00419. The summed E-state index contributed by atoms with van der Waals surface area (Å²) < 4.78 is 11.8. The molecule has 0 bridgehead atoms. The van der Waals surface area contributed by atoms with Crippen LogP contribution in [0.2, 0.25) is 0 Å². The van der Waals surface area contributed by atoms with E-state index in [2.05, 4.69) is 26.6 Å². The lowest BCUT2D eigenvalue weighted by Crippen LogP contribution is -2.27. The van der Waals surface area contributed by atoms with Crippen LogP contribution >= 0.6 is 0 Å². The Kier molecular flexibility index (Phi) is 4.49. The number of nitrogens with one attached hydrogen (secondary N) is 1. The molecule has 2 aromatic heterocycles. The molecule has 0 spiro atoms. The summed E-state index contributed by atoms with van der Waals surface area (Å²) in [6.07, 6.45) is 3.51. The van der Waals surface area contributed by atoms with Gasteiger partial charge in [0.25, 0.3) is 11.8 Å². The molecule has 3 aromatic rings. The van der Waals surface area contributed by atoms with Crippen molar-refractivity contribution in [2.24, 2.45) is 7.05 Å². The summed E-state index contributed by atoms with van der Waals surface area (Å²) in [4.78, 5) is 16.9. The smallest absolute Gasteiger partial charge is 0.255 e. The summed E-state index contributed by atoms with van der Waals surface area (Å²) in [7, 11) is 3.40. The molecule has 1 atom stereocenters. The third-order valence-corrected chi connectivity index (χ3v) is 4.78. The molecule has 0 saturated heterocycles. The van der Waals surface area contributed by atoms with E-state index in [9.17, 15) is 4.79 Å². The molecular weight excluding hydrogens is 346 g/mol. The monoisotopic (exact) mass is 367 g/mol. The maximum Gasteiger partial charge on any atom is 0.255 e. The Morgan fingerprint density at radius 2 is 2.30 bits per heavy atom. The lowest BCUT2D eigenvalue weighted by Gasteiger charge is -2.14. The normalized spacial score (nSPS) is 15.7. The first-order valence-electron chi connectivity index (χ1n) is 8.81. The minimum atomic E-state index is -0.0927. The van der Waals surface area contributed by atoms with Crippen molar-refractivity contribution in [3.63, 3.8) is 0 Å². The highest BCUT2D eigenvalue weighted by Gasteiger charge is 2.26. The van der Waals surface area contributed by atoms with Gasteiger partial charge >= 0.3 is 0 Å². The number of rotatable bonds is 5. The Balaban J connectivity index is 1.52. The third-order valence-electron chi connectivity index (χ3n) is 4.78. The fourth-order valence-corrected chi connectivity index (χ4v) is 3.52. The van der Waals surface area contributed by atoms with Gasteiger partial charge in [-0.1, -0.05) is 17.3 Å². The van der Waals surface area contributed by atoms with Crippen molar-refractivity contribution in [3.8, 4) is 11.4 Å². The first kappa shape index (κ1) is 17.4. The van der Waals surface area contributed by atoms with Gasteiger partial charge in [0.05, 0.1) is 17.3 Å². The Morgan fingerprint density at radius 3 is 3.04 bits per heavy atom. The number of methoxy groups -OCH3 is 1. The molecule has 1 aliphatic carbocycles. The molecule has 0 radical (unpaired) electrons. The van der Waals surface area contributed by atoms with Gasteiger partial charge in [0, 0.05) is 25.9 Å². The summed E-state index contributed by atoms with van der Waals surface area (Å²) in [5.74, 6) is 0.901. The lowest BCUT2D eigenvalue weighted by molar-refractivity contribution is 0.0936. The molecule has 140 valence electrons. The number of aryl methyl sites for hydroxylation is 3. The van der Waals surface area contributed by atoms with Gasteiger partial charge < -0.3 is 14.6 Å². The zero-order valence-electron chi connectivity index (χ0n) is 15.5. The summed E-state index contributed by atoms with van der Waals surface area (Å²) in [5, 5.41) is 11.4. The largest absolute Gasteiger partial charge is 0.375 e. The Bertz CT molecular complexity index is 991. The molecule has 8 nitrogen and oxygen atoms in total. The second-order valence-electron chi connectivity index (χ2n) is 6.72. The van der Waals surface area contributed by atoms with E-state index in [1.165, 1.54) is 5.56 Å². The Labute approximate surface area is 156 Å². The molecular formula is C19H21N5O3. The quantitative estimate of drug-likeness (QED) is 0.744. The average molecular weight is 367 g/mol. The molecule has 0 unspecified atom stereocenters. The predicted molar refractivity (Wildman–Crippen MR) is 96.9 cm³/mol. The van der Waals surface area contributed by atoms with E-state index in [4.69, 9.17) is 9.26 Å². The number of fused-ring (bicyclic) bond motifs is 1. The molecule has 1 amide bonds. The summed E-state index contributed by atoms with van der Waals surface area (Å²) >= 11 is 0.